The summed E-state index contributed by atoms with van der Waals surface area (Å²) in [5, 5.41) is 20.3. The molecule has 12 nitrogen and oxygen atoms in total. The second kappa shape index (κ2) is 13.9. The lowest BCUT2D eigenvalue weighted by molar-refractivity contribution is -0.140. The SMILES string of the molecule is CC(C)(O)C1=CNNN1[C@H]1C[C@@H](C(=O)NCCC(N)=O)N(C(=O)[C@@H](CC2CCCCC2)NC(=O)c2ccc3ccccc3c2)C1. The van der Waals surface area contributed by atoms with Crippen LogP contribution < -0.4 is 27.3 Å². The molecular formula is C33H45N7O5. The first-order chi connectivity index (χ1) is 21.5. The van der Waals surface area contributed by atoms with Crippen LogP contribution in [0.1, 0.15) is 75.6 Å². The summed E-state index contributed by atoms with van der Waals surface area (Å²) in [4.78, 5) is 54.5. The average molecular weight is 620 g/mol. The smallest absolute Gasteiger partial charge is 0.251 e. The summed E-state index contributed by atoms with van der Waals surface area (Å²) in [5.74, 6) is -1.33. The van der Waals surface area contributed by atoms with E-state index in [0.717, 1.165) is 42.9 Å². The highest BCUT2D eigenvalue weighted by atomic mass is 16.3. The van der Waals surface area contributed by atoms with Crippen LogP contribution >= 0.6 is 0 Å². The maximum Gasteiger partial charge on any atom is 0.251 e. The van der Waals surface area contributed by atoms with Crippen molar-refractivity contribution in [3.63, 3.8) is 0 Å². The average Bonchev–Trinajstić information content (AvgIpc) is 3.69. The normalized spacial score (nSPS) is 21.3. The minimum absolute atomic E-state index is 0.0227. The molecule has 5 rings (SSSR count). The number of aliphatic hydroxyl groups is 1. The van der Waals surface area contributed by atoms with Crippen molar-refractivity contribution in [3.8, 4) is 0 Å². The van der Waals surface area contributed by atoms with Crippen LogP contribution in [0.3, 0.4) is 0 Å². The van der Waals surface area contributed by atoms with Gasteiger partial charge in [-0.05, 0) is 49.1 Å². The standard InChI is InChI=1S/C33H45N7O5/c1-33(2,45)28-19-36-38-40(28)25-18-27(31(43)35-15-14-29(34)41)39(20-25)32(44)26(16-21-8-4-3-5-9-21)37-30(42)24-13-12-22-10-6-7-11-23(22)17-24/h6-7,10-13,17,19,21,25-27,36,38,45H,3-5,8-9,14-16,18,20H2,1-2H3,(H2,34,41)(H,35,43)(H,37,42)/t25-,26+,27-/m0/s1. The molecule has 1 aliphatic carbocycles. The van der Waals surface area contributed by atoms with Crippen LogP contribution in [0.2, 0.25) is 0 Å². The number of carbonyl (C=O) groups is 4. The number of hydrogen-bond donors (Lipinski definition) is 6. The molecule has 0 bridgehead atoms. The molecule has 0 unspecified atom stereocenters. The summed E-state index contributed by atoms with van der Waals surface area (Å²) in [5.41, 5.74) is 11.1. The fraction of sp³-hybridized carbons (Fsp3) is 0.515. The van der Waals surface area contributed by atoms with E-state index in [1.807, 2.05) is 36.4 Å². The van der Waals surface area contributed by atoms with Gasteiger partial charge in [-0.3, -0.25) is 24.2 Å². The largest absolute Gasteiger partial charge is 0.384 e. The Morgan fingerprint density at radius 2 is 1.80 bits per heavy atom. The first kappa shape index (κ1) is 32.2. The Kier molecular flexibility index (Phi) is 9.93. The van der Waals surface area contributed by atoms with Crippen molar-refractivity contribution in [1.29, 1.82) is 0 Å². The molecule has 2 heterocycles. The van der Waals surface area contributed by atoms with Gasteiger partial charge in [0.2, 0.25) is 17.7 Å². The van der Waals surface area contributed by atoms with E-state index in [4.69, 9.17) is 5.73 Å². The van der Waals surface area contributed by atoms with Crippen LogP contribution in [-0.2, 0) is 14.4 Å². The van der Waals surface area contributed by atoms with Crippen molar-refractivity contribution >= 4 is 34.4 Å². The maximum atomic E-state index is 14.5. The van der Waals surface area contributed by atoms with Gasteiger partial charge in [0, 0.05) is 37.7 Å². The van der Waals surface area contributed by atoms with Gasteiger partial charge in [0.15, 0.2) is 0 Å². The first-order valence-electron chi connectivity index (χ1n) is 15.9. The van der Waals surface area contributed by atoms with E-state index in [0.29, 0.717) is 17.7 Å². The molecule has 0 aromatic heterocycles. The molecule has 2 fully saturated rings. The highest BCUT2D eigenvalue weighted by Gasteiger charge is 2.46. The van der Waals surface area contributed by atoms with Gasteiger partial charge in [-0.15, -0.1) is 5.53 Å². The molecule has 2 aliphatic heterocycles. The van der Waals surface area contributed by atoms with Crippen LogP contribution in [0.5, 0.6) is 0 Å². The molecule has 0 radical (unpaired) electrons. The molecule has 4 amide bonds. The summed E-state index contributed by atoms with van der Waals surface area (Å²) in [7, 11) is 0. The van der Waals surface area contributed by atoms with Gasteiger partial charge in [-0.1, -0.05) is 62.4 Å². The Balaban J connectivity index is 1.40. The number of nitrogens with two attached hydrogens (primary N) is 1. The molecule has 2 aromatic rings. The van der Waals surface area contributed by atoms with Gasteiger partial charge in [0.25, 0.3) is 5.91 Å². The number of primary amides is 1. The van der Waals surface area contributed by atoms with E-state index in [2.05, 4.69) is 21.6 Å². The van der Waals surface area contributed by atoms with Crippen molar-refractivity contribution in [3.05, 3.63) is 59.9 Å². The van der Waals surface area contributed by atoms with Crippen LogP contribution in [0.4, 0.5) is 0 Å². The lowest BCUT2D eigenvalue weighted by Crippen LogP contribution is -2.54. The summed E-state index contributed by atoms with van der Waals surface area (Å²) in [6.45, 7) is 3.56. The second-order valence-corrected chi connectivity index (χ2v) is 12.9. The van der Waals surface area contributed by atoms with Crippen molar-refractivity contribution in [2.24, 2.45) is 11.7 Å². The van der Waals surface area contributed by atoms with E-state index in [-0.39, 0.29) is 49.7 Å². The predicted molar refractivity (Wildman–Crippen MR) is 170 cm³/mol. The van der Waals surface area contributed by atoms with Crippen LogP contribution in [0.15, 0.2) is 54.4 Å². The van der Waals surface area contributed by atoms with Crippen molar-refractivity contribution in [2.45, 2.75) is 88.9 Å². The van der Waals surface area contributed by atoms with Crippen molar-refractivity contribution < 1.29 is 24.3 Å². The number of nitrogens with zero attached hydrogens (tertiary/aromatic N) is 2. The molecule has 3 aliphatic rings. The van der Waals surface area contributed by atoms with Crippen molar-refractivity contribution in [1.82, 2.24) is 31.5 Å². The number of hydrazine groups is 2. The molecule has 2 aromatic carbocycles. The molecule has 0 spiro atoms. The molecular weight excluding hydrogens is 574 g/mol. The number of hydrogen-bond acceptors (Lipinski definition) is 8. The van der Waals surface area contributed by atoms with E-state index in [9.17, 15) is 24.3 Å². The molecule has 1 saturated carbocycles. The molecule has 242 valence electrons. The van der Waals surface area contributed by atoms with E-state index < -0.39 is 29.5 Å². The van der Waals surface area contributed by atoms with Crippen LogP contribution in [0, 0.1) is 5.92 Å². The first-order valence-corrected chi connectivity index (χ1v) is 15.9. The molecule has 12 heteroatoms. The summed E-state index contributed by atoms with van der Waals surface area (Å²) >= 11 is 0. The number of benzene rings is 2. The van der Waals surface area contributed by atoms with Crippen LogP contribution in [0.25, 0.3) is 10.8 Å². The number of rotatable bonds is 11. The third kappa shape index (κ3) is 7.74. The lowest BCUT2D eigenvalue weighted by Gasteiger charge is -2.34. The Labute approximate surface area is 263 Å². The fourth-order valence-electron chi connectivity index (χ4n) is 6.73. The predicted octanol–water partition coefficient (Wildman–Crippen LogP) is 1.81. The van der Waals surface area contributed by atoms with Crippen LogP contribution in [-0.4, -0.2) is 75.5 Å². The number of carbonyl (C=O) groups excluding carboxylic acids is 4. The number of fused-ring (bicyclic) bond motifs is 1. The zero-order chi connectivity index (χ0) is 32.1. The second-order valence-electron chi connectivity index (χ2n) is 12.9. The van der Waals surface area contributed by atoms with Crippen molar-refractivity contribution in [2.75, 3.05) is 13.1 Å². The summed E-state index contributed by atoms with van der Waals surface area (Å²) in [6.07, 6.45) is 7.68. The third-order valence-corrected chi connectivity index (χ3v) is 9.09. The number of likely N-dealkylation sites (tertiary alicyclic amines) is 1. The third-order valence-electron chi connectivity index (χ3n) is 9.09. The minimum Gasteiger partial charge on any atom is -0.384 e. The number of nitrogens with one attached hydrogen (secondary N) is 4. The topological polar surface area (TPSA) is 169 Å². The van der Waals surface area contributed by atoms with E-state index in [1.54, 1.807) is 36.0 Å². The highest BCUT2D eigenvalue weighted by molar-refractivity contribution is 6.01. The molecule has 1 saturated heterocycles. The molecule has 7 N–H and O–H groups in total. The Morgan fingerprint density at radius 3 is 2.51 bits per heavy atom. The Bertz CT molecular complexity index is 1450. The Hall–Kier alpha value is -4.16. The van der Waals surface area contributed by atoms with Gasteiger partial charge >= 0.3 is 0 Å². The molecule has 45 heavy (non-hydrogen) atoms. The van der Waals surface area contributed by atoms with Gasteiger partial charge < -0.3 is 31.8 Å². The minimum atomic E-state index is -1.19. The quantitative estimate of drug-likeness (QED) is 0.221. The van der Waals surface area contributed by atoms with Gasteiger partial charge in [-0.25, -0.2) is 0 Å². The zero-order valence-electron chi connectivity index (χ0n) is 26.1. The Morgan fingerprint density at radius 1 is 1.07 bits per heavy atom. The summed E-state index contributed by atoms with van der Waals surface area (Å²) in [6, 6.07) is 11.2. The van der Waals surface area contributed by atoms with Gasteiger partial charge in [0.1, 0.15) is 17.7 Å². The highest BCUT2D eigenvalue weighted by Crippen LogP contribution is 2.32. The summed E-state index contributed by atoms with van der Waals surface area (Å²) < 4.78 is 0. The molecule has 3 atom stereocenters. The van der Waals surface area contributed by atoms with Gasteiger partial charge in [-0.2, -0.15) is 0 Å². The van der Waals surface area contributed by atoms with Gasteiger partial charge in [0.05, 0.1) is 11.7 Å². The maximum absolute atomic E-state index is 14.5. The monoisotopic (exact) mass is 619 g/mol. The van der Waals surface area contributed by atoms with E-state index >= 15 is 0 Å². The fourth-order valence-corrected chi connectivity index (χ4v) is 6.73. The lowest BCUT2D eigenvalue weighted by atomic mass is 9.84. The number of amides is 4. The van der Waals surface area contributed by atoms with E-state index in [1.165, 1.54) is 0 Å². The zero-order valence-corrected chi connectivity index (χ0v) is 26.1.